The molecule has 1 atom stereocenters. The molecule has 2 heterocycles. The van der Waals surface area contributed by atoms with Crippen molar-refractivity contribution in [2.24, 2.45) is 5.73 Å². The molecule has 0 saturated carbocycles. The summed E-state index contributed by atoms with van der Waals surface area (Å²) in [5, 5.41) is 0. The van der Waals surface area contributed by atoms with Gasteiger partial charge in [0.1, 0.15) is 29.8 Å². The number of carbonyl (C=O) groups excluding carboxylic acids is 2. The SMILES string of the molecule is CN1C(=O)[C@@H](N)COc2ccc(OCC(=O)c3ccccn3)cc21.Cl.Cl. The lowest BCUT2D eigenvalue weighted by molar-refractivity contribution is -0.119. The Labute approximate surface area is 163 Å². The van der Waals surface area contributed by atoms with E-state index in [4.69, 9.17) is 15.2 Å². The molecule has 1 amide bonds. The van der Waals surface area contributed by atoms with Crippen LogP contribution in [0.15, 0.2) is 42.6 Å². The van der Waals surface area contributed by atoms with E-state index in [2.05, 4.69) is 4.98 Å². The summed E-state index contributed by atoms with van der Waals surface area (Å²) in [4.78, 5) is 29.5. The van der Waals surface area contributed by atoms with Crippen molar-refractivity contribution in [1.82, 2.24) is 4.98 Å². The van der Waals surface area contributed by atoms with Crippen LogP contribution in [0.2, 0.25) is 0 Å². The number of benzene rings is 1. The smallest absolute Gasteiger partial charge is 0.247 e. The Bertz CT molecular complexity index is 774. The molecule has 1 aromatic heterocycles. The maximum absolute atomic E-state index is 12.1. The highest BCUT2D eigenvalue weighted by Crippen LogP contribution is 2.33. The second kappa shape index (κ2) is 9.38. The lowest BCUT2D eigenvalue weighted by Crippen LogP contribution is -2.43. The number of halogens is 2. The van der Waals surface area contributed by atoms with Gasteiger partial charge in [0.25, 0.3) is 0 Å². The second-order valence-electron chi connectivity index (χ2n) is 5.37. The molecule has 1 aliphatic rings. The first-order valence-electron chi connectivity index (χ1n) is 7.43. The summed E-state index contributed by atoms with van der Waals surface area (Å²) in [5.41, 5.74) is 6.64. The van der Waals surface area contributed by atoms with Gasteiger partial charge in [-0.1, -0.05) is 6.07 Å². The topological polar surface area (TPSA) is 94.8 Å². The number of anilines is 1. The number of ether oxygens (including phenoxy) is 2. The van der Waals surface area contributed by atoms with Crippen LogP contribution < -0.4 is 20.1 Å². The highest BCUT2D eigenvalue weighted by molar-refractivity contribution is 5.99. The van der Waals surface area contributed by atoms with Gasteiger partial charge in [-0.3, -0.25) is 14.6 Å². The summed E-state index contributed by atoms with van der Waals surface area (Å²) in [5.74, 6) is 0.530. The molecule has 26 heavy (non-hydrogen) atoms. The van der Waals surface area contributed by atoms with Crippen LogP contribution in [0, 0.1) is 0 Å². The lowest BCUT2D eigenvalue weighted by atomic mass is 10.2. The van der Waals surface area contributed by atoms with Crippen LogP contribution in [0.5, 0.6) is 11.5 Å². The van der Waals surface area contributed by atoms with Gasteiger partial charge in [-0.15, -0.1) is 24.8 Å². The molecule has 9 heteroatoms. The standard InChI is InChI=1S/C17H17N3O4.2ClH/c1-20-14-8-11(5-6-16(14)24-9-12(18)17(20)22)23-10-15(21)13-4-2-3-7-19-13;;/h2-8,12H,9-10,18H2,1H3;2*1H/t12-;;/m0../s1. The highest BCUT2D eigenvalue weighted by atomic mass is 35.5. The third-order valence-corrected chi connectivity index (χ3v) is 3.68. The number of carbonyl (C=O) groups is 2. The molecule has 0 spiro atoms. The van der Waals surface area contributed by atoms with E-state index in [9.17, 15) is 9.59 Å². The molecule has 0 unspecified atom stereocenters. The summed E-state index contributed by atoms with van der Waals surface area (Å²) in [6, 6.07) is 9.42. The van der Waals surface area contributed by atoms with Gasteiger partial charge in [0, 0.05) is 19.3 Å². The number of pyridine rings is 1. The van der Waals surface area contributed by atoms with Crippen LogP contribution in [0.25, 0.3) is 0 Å². The van der Waals surface area contributed by atoms with Crippen LogP contribution >= 0.6 is 24.8 Å². The van der Waals surface area contributed by atoms with Gasteiger partial charge in [0.15, 0.2) is 6.61 Å². The number of nitrogens with two attached hydrogens (primary N) is 1. The van der Waals surface area contributed by atoms with Crippen molar-refractivity contribution in [3.8, 4) is 11.5 Å². The average Bonchev–Trinajstić information content (AvgIpc) is 2.73. The molecule has 1 aromatic carbocycles. The van der Waals surface area contributed by atoms with E-state index in [1.165, 1.54) is 4.90 Å². The number of hydrogen-bond donors (Lipinski definition) is 1. The maximum atomic E-state index is 12.1. The van der Waals surface area contributed by atoms with Crippen LogP contribution in [-0.2, 0) is 4.79 Å². The zero-order chi connectivity index (χ0) is 17.1. The molecule has 3 rings (SSSR count). The first-order chi connectivity index (χ1) is 11.6. The predicted octanol–water partition coefficient (Wildman–Crippen LogP) is 1.87. The molecule has 0 aliphatic carbocycles. The van der Waals surface area contributed by atoms with Gasteiger partial charge >= 0.3 is 0 Å². The fourth-order valence-corrected chi connectivity index (χ4v) is 2.34. The number of amides is 1. The fraction of sp³-hybridized carbons (Fsp3) is 0.235. The normalized spacial score (nSPS) is 15.5. The highest BCUT2D eigenvalue weighted by Gasteiger charge is 2.26. The number of nitrogens with zero attached hydrogens (tertiary/aromatic N) is 2. The molecular formula is C17H19Cl2N3O4. The van der Waals surface area contributed by atoms with Crippen LogP contribution in [0.1, 0.15) is 10.5 Å². The van der Waals surface area contributed by atoms with Gasteiger partial charge in [0.05, 0.1) is 5.69 Å². The molecule has 7 nitrogen and oxygen atoms in total. The Morgan fingerprint density at radius 2 is 2.12 bits per heavy atom. The average molecular weight is 400 g/mol. The number of likely N-dealkylation sites (N-methyl/N-ethyl adjacent to an activating group) is 1. The second-order valence-corrected chi connectivity index (χ2v) is 5.37. The minimum Gasteiger partial charge on any atom is -0.489 e. The summed E-state index contributed by atoms with van der Waals surface area (Å²) < 4.78 is 11.1. The minimum atomic E-state index is -0.711. The number of aromatic nitrogens is 1. The number of rotatable bonds is 4. The van der Waals surface area contributed by atoms with Gasteiger partial charge in [-0.25, -0.2) is 0 Å². The molecule has 0 bridgehead atoms. The van der Waals surface area contributed by atoms with Gasteiger partial charge in [-0.2, -0.15) is 0 Å². The van der Waals surface area contributed by atoms with Gasteiger partial charge in [0.2, 0.25) is 11.7 Å². The number of hydrogen-bond acceptors (Lipinski definition) is 6. The van der Waals surface area contributed by atoms with E-state index in [0.717, 1.165) is 0 Å². The molecule has 2 N–H and O–H groups in total. The molecule has 140 valence electrons. The van der Waals surface area contributed by atoms with Crippen molar-refractivity contribution >= 4 is 42.2 Å². The zero-order valence-corrected chi connectivity index (χ0v) is 15.6. The quantitative estimate of drug-likeness (QED) is 0.788. The lowest BCUT2D eigenvalue weighted by Gasteiger charge is -2.18. The van der Waals surface area contributed by atoms with Crippen molar-refractivity contribution in [1.29, 1.82) is 0 Å². The Morgan fingerprint density at radius 1 is 1.35 bits per heavy atom. The maximum Gasteiger partial charge on any atom is 0.247 e. The van der Waals surface area contributed by atoms with Crippen molar-refractivity contribution in [3.63, 3.8) is 0 Å². The number of fused-ring (bicyclic) bond motifs is 1. The van der Waals surface area contributed by atoms with Crippen molar-refractivity contribution in [2.75, 3.05) is 25.2 Å². The van der Waals surface area contributed by atoms with Gasteiger partial charge < -0.3 is 20.1 Å². The first kappa shape index (κ1) is 21.7. The monoisotopic (exact) mass is 399 g/mol. The third kappa shape index (κ3) is 4.63. The summed E-state index contributed by atoms with van der Waals surface area (Å²) in [7, 11) is 1.62. The molecule has 0 fully saturated rings. The minimum absolute atomic E-state index is 0. The van der Waals surface area contributed by atoms with E-state index in [0.29, 0.717) is 22.9 Å². The van der Waals surface area contributed by atoms with E-state index >= 15 is 0 Å². The Balaban J connectivity index is 0.00000169. The molecule has 2 aromatic rings. The van der Waals surface area contributed by atoms with E-state index in [-0.39, 0.29) is 49.7 Å². The van der Waals surface area contributed by atoms with E-state index in [1.54, 1.807) is 49.6 Å². The largest absolute Gasteiger partial charge is 0.489 e. The summed E-state index contributed by atoms with van der Waals surface area (Å²) in [6.07, 6.45) is 1.55. The molecule has 0 saturated heterocycles. The summed E-state index contributed by atoms with van der Waals surface area (Å²) in [6.45, 7) is -0.0254. The summed E-state index contributed by atoms with van der Waals surface area (Å²) >= 11 is 0. The fourth-order valence-electron chi connectivity index (χ4n) is 2.34. The Hall–Kier alpha value is -2.35. The Morgan fingerprint density at radius 3 is 2.81 bits per heavy atom. The van der Waals surface area contributed by atoms with Gasteiger partial charge in [-0.05, 0) is 24.3 Å². The van der Waals surface area contributed by atoms with E-state index in [1.807, 2.05) is 0 Å². The van der Waals surface area contributed by atoms with Crippen molar-refractivity contribution < 1.29 is 19.1 Å². The van der Waals surface area contributed by atoms with Crippen molar-refractivity contribution in [2.45, 2.75) is 6.04 Å². The zero-order valence-electron chi connectivity index (χ0n) is 14.0. The van der Waals surface area contributed by atoms with Crippen LogP contribution in [0.3, 0.4) is 0 Å². The van der Waals surface area contributed by atoms with Crippen molar-refractivity contribution in [3.05, 3.63) is 48.3 Å². The number of Topliss-reactive ketones (excluding diaryl/α,β-unsaturated/α-hetero) is 1. The number of ketones is 1. The molecule has 0 radical (unpaired) electrons. The first-order valence-corrected chi connectivity index (χ1v) is 7.43. The Kier molecular flexibility index (Phi) is 7.82. The molecular weight excluding hydrogens is 381 g/mol. The molecule has 1 aliphatic heterocycles. The van der Waals surface area contributed by atoms with Crippen LogP contribution in [0.4, 0.5) is 5.69 Å². The predicted molar refractivity (Wildman–Crippen MR) is 102 cm³/mol. The van der Waals surface area contributed by atoms with Crippen LogP contribution in [-0.4, -0.2) is 43.0 Å². The third-order valence-electron chi connectivity index (χ3n) is 3.68. The van der Waals surface area contributed by atoms with E-state index < -0.39 is 6.04 Å².